The molecule has 0 aromatic heterocycles. The number of hydrogen-bond acceptors (Lipinski definition) is 5. The molecule has 0 saturated carbocycles. The predicted octanol–water partition coefficient (Wildman–Crippen LogP) is 3.34. The van der Waals surface area contributed by atoms with Gasteiger partial charge in [-0.15, -0.1) is 0 Å². The third kappa shape index (κ3) is 4.10. The van der Waals surface area contributed by atoms with Gasteiger partial charge in [0.25, 0.3) is 0 Å². The van der Waals surface area contributed by atoms with E-state index >= 15 is 0 Å². The first-order valence-electron chi connectivity index (χ1n) is 8.51. The van der Waals surface area contributed by atoms with Crippen molar-refractivity contribution < 1.29 is 27.1 Å². The second-order valence-electron chi connectivity index (χ2n) is 6.19. The number of rotatable bonds is 6. The summed E-state index contributed by atoms with van der Waals surface area (Å²) in [7, 11) is -3.36. The quantitative estimate of drug-likeness (QED) is 0.478. The topological polar surface area (TPSA) is 80.8 Å². The maximum Gasteiger partial charge on any atom is 0.339 e. The molecular weight excluding hydrogens is 453 g/mol. The van der Waals surface area contributed by atoms with Gasteiger partial charge in [-0.25, -0.2) is 17.6 Å². The molecule has 0 N–H and O–H groups in total. The molecule has 0 aliphatic carbocycles. The van der Waals surface area contributed by atoms with Crippen LogP contribution in [0.4, 0.5) is 10.1 Å². The van der Waals surface area contributed by atoms with Gasteiger partial charge in [0.2, 0.25) is 10.0 Å². The highest BCUT2D eigenvalue weighted by atomic mass is 79.9. The van der Waals surface area contributed by atoms with Crippen LogP contribution in [-0.4, -0.2) is 39.1 Å². The van der Waals surface area contributed by atoms with Gasteiger partial charge in [-0.1, -0.05) is 0 Å². The van der Waals surface area contributed by atoms with Crippen LogP contribution < -0.4 is 4.31 Å². The Morgan fingerprint density at radius 2 is 1.96 bits per heavy atom. The number of Topliss-reactive ketones (excluding diaryl/α,β-unsaturated/α-hetero) is 1. The molecule has 1 heterocycles. The van der Waals surface area contributed by atoms with Crippen molar-refractivity contribution in [3.63, 3.8) is 0 Å². The third-order valence-electron chi connectivity index (χ3n) is 4.44. The highest BCUT2D eigenvalue weighted by Crippen LogP contribution is 2.31. The number of nitrogens with zero attached hydrogens (tertiary/aromatic N) is 1. The number of carbonyl (C=O) groups is 2. The van der Waals surface area contributed by atoms with Crippen LogP contribution in [0.15, 0.2) is 40.9 Å². The summed E-state index contributed by atoms with van der Waals surface area (Å²) in [5.74, 6) is -1.84. The Morgan fingerprint density at radius 1 is 1.21 bits per heavy atom. The van der Waals surface area contributed by atoms with Gasteiger partial charge < -0.3 is 4.74 Å². The minimum atomic E-state index is -3.36. The lowest BCUT2D eigenvalue weighted by Crippen LogP contribution is -2.30. The molecule has 0 fully saturated rings. The Morgan fingerprint density at radius 3 is 2.68 bits per heavy atom. The summed E-state index contributed by atoms with van der Waals surface area (Å²) in [6.45, 7) is 1.42. The largest absolute Gasteiger partial charge is 0.454 e. The van der Waals surface area contributed by atoms with E-state index in [9.17, 15) is 22.4 Å². The highest BCUT2D eigenvalue weighted by molar-refractivity contribution is 9.10. The number of fused-ring (bicyclic) bond motifs is 1. The van der Waals surface area contributed by atoms with Crippen molar-refractivity contribution in [1.29, 1.82) is 0 Å². The number of anilines is 1. The van der Waals surface area contributed by atoms with Crippen molar-refractivity contribution in [1.82, 2.24) is 0 Å². The Labute approximate surface area is 170 Å². The first-order valence-corrected chi connectivity index (χ1v) is 10.9. The van der Waals surface area contributed by atoms with Gasteiger partial charge >= 0.3 is 5.97 Å². The molecule has 1 aliphatic rings. The lowest BCUT2D eigenvalue weighted by atomic mass is 10.1. The van der Waals surface area contributed by atoms with E-state index in [2.05, 4.69) is 15.9 Å². The van der Waals surface area contributed by atoms with E-state index < -0.39 is 34.2 Å². The number of benzene rings is 2. The molecule has 1 aliphatic heterocycles. The summed E-state index contributed by atoms with van der Waals surface area (Å²) in [6, 6.07) is 8.32. The zero-order valence-electron chi connectivity index (χ0n) is 14.9. The van der Waals surface area contributed by atoms with Crippen molar-refractivity contribution >= 4 is 43.4 Å². The molecule has 6 nitrogen and oxygen atoms in total. The fourth-order valence-electron chi connectivity index (χ4n) is 2.94. The Hall–Kier alpha value is -2.26. The molecule has 0 saturated heterocycles. The third-order valence-corrected chi connectivity index (χ3v) is 6.91. The molecule has 0 atom stereocenters. The average molecular weight is 470 g/mol. The zero-order chi connectivity index (χ0) is 20.5. The smallest absolute Gasteiger partial charge is 0.339 e. The fourth-order valence-corrected chi connectivity index (χ4v) is 4.50. The van der Waals surface area contributed by atoms with E-state index in [1.165, 1.54) is 22.5 Å². The van der Waals surface area contributed by atoms with E-state index in [4.69, 9.17) is 4.74 Å². The van der Waals surface area contributed by atoms with Gasteiger partial charge in [-0.05, 0) is 71.2 Å². The molecule has 0 radical (unpaired) electrons. The molecule has 0 unspecified atom stereocenters. The summed E-state index contributed by atoms with van der Waals surface area (Å²) >= 11 is 3.14. The number of sulfonamides is 1. The minimum absolute atomic E-state index is 0.00128. The standard InChI is InChI=1S/C19H17BrFNO5S/c1-2-28(25,26)22-8-7-12-9-13(3-6-17(12)22)18(23)11-27-19(24)15-10-14(21)4-5-16(15)20/h3-6,9-10H,2,7-8,11H2,1H3. The number of hydrogen-bond donors (Lipinski definition) is 0. The van der Waals surface area contributed by atoms with E-state index in [-0.39, 0.29) is 11.3 Å². The number of esters is 1. The summed E-state index contributed by atoms with van der Waals surface area (Å²) < 4.78 is 44.2. The van der Waals surface area contributed by atoms with Crippen LogP contribution in [0.5, 0.6) is 0 Å². The van der Waals surface area contributed by atoms with Gasteiger partial charge in [-0.2, -0.15) is 0 Å². The monoisotopic (exact) mass is 469 g/mol. The van der Waals surface area contributed by atoms with Crippen LogP contribution in [0.3, 0.4) is 0 Å². The second kappa shape index (κ2) is 8.00. The maximum absolute atomic E-state index is 13.3. The summed E-state index contributed by atoms with van der Waals surface area (Å²) in [5.41, 5.74) is 1.63. The van der Waals surface area contributed by atoms with Gasteiger partial charge in [0.1, 0.15) is 5.82 Å². The molecule has 2 aromatic rings. The number of ketones is 1. The van der Waals surface area contributed by atoms with Crippen molar-refractivity contribution in [2.75, 3.05) is 23.2 Å². The van der Waals surface area contributed by atoms with Gasteiger partial charge in [-0.3, -0.25) is 9.10 Å². The Kier molecular flexibility index (Phi) is 5.85. The van der Waals surface area contributed by atoms with Crippen molar-refractivity contribution in [2.24, 2.45) is 0 Å². The highest BCUT2D eigenvalue weighted by Gasteiger charge is 2.28. The van der Waals surface area contributed by atoms with Crippen LogP contribution in [0.2, 0.25) is 0 Å². The SMILES string of the molecule is CCS(=O)(=O)N1CCc2cc(C(=O)COC(=O)c3cc(F)ccc3Br)ccc21. The number of carbonyl (C=O) groups excluding carboxylic acids is 2. The molecule has 0 spiro atoms. The average Bonchev–Trinajstić information content (AvgIpc) is 3.11. The maximum atomic E-state index is 13.3. The second-order valence-corrected chi connectivity index (χ2v) is 9.23. The van der Waals surface area contributed by atoms with Gasteiger partial charge in [0, 0.05) is 16.6 Å². The van der Waals surface area contributed by atoms with Gasteiger partial charge in [0.05, 0.1) is 17.0 Å². The van der Waals surface area contributed by atoms with E-state index in [1.807, 2.05) is 0 Å². The van der Waals surface area contributed by atoms with E-state index in [0.29, 0.717) is 28.7 Å². The Balaban J connectivity index is 1.71. The number of ether oxygens (including phenoxy) is 1. The first-order chi connectivity index (χ1) is 13.2. The molecule has 2 aromatic carbocycles. The predicted molar refractivity (Wildman–Crippen MR) is 106 cm³/mol. The molecule has 3 rings (SSSR count). The normalized spacial score (nSPS) is 13.3. The molecule has 0 bridgehead atoms. The van der Waals surface area contributed by atoms with Crippen LogP contribution in [0, 0.1) is 5.82 Å². The van der Waals surface area contributed by atoms with Crippen LogP contribution in [-0.2, 0) is 21.2 Å². The van der Waals surface area contributed by atoms with Crippen LogP contribution in [0.25, 0.3) is 0 Å². The van der Waals surface area contributed by atoms with Crippen molar-refractivity contribution in [3.05, 3.63) is 63.4 Å². The van der Waals surface area contributed by atoms with Gasteiger partial charge in [0.15, 0.2) is 12.4 Å². The van der Waals surface area contributed by atoms with Crippen molar-refractivity contribution in [2.45, 2.75) is 13.3 Å². The summed E-state index contributed by atoms with van der Waals surface area (Å²) in [5, 5.41) is 0. The van der Waals surface area contributed by atoms with Crippen LogP contribution in [0.1, 0.15) is 33.2 Å². The van der Waals surface area contributed by atoms with Crippen molar-refractivity contribution in [3.8, 4) is 0 Å². The zero-order valence-corrected chi connectivity index (χ0v) is 17.3. The van der Waals surface area contributed by atoms with E-state index in [1.54, 1.807) is 19.1 Å². The Bertz CT molecular complexity index is 1050. The molecular formula is C19H17BrFNO5S. The lowest BCUT2D eigenvalue weighted by molar-refractivity contribution is 0.0473. The molecule has 9 heteroatoms. The summed E-state index contributed by atoms with van der Waals surface area (Å²) in [4.78, 5) is 24.5. The summed E-state index contributed by atoms with van der Waals surface area (Å²) in [6.07, 6.45) is 0.506. The van der Waals surface area contributed by atoms with E-state index in [0.717, 1.165) is 11.6 Å². The fraction of sp³-hybridized carbons (Fsp3) is 0.263. The number of halogens is 2. The van der Waals surface area contributed by atoms with Crippen LogP contribution >= 0.6 is 15.9 Å². The lowest BCUT2D eigenvalue weighted by Gasteiger charge is -2.18. The molecule has 0 amide bonds. The molecule has 28 heavy (non-hydrogen) atoms. The first kappa shape index (κ1) is 20.5. The minimum Gasteiger partial charge on any atom is -0.454 e. The molecule has 148 valence electrons.